The summed E-state index contributed by atoms with van der Waals surface area (Å²) < 4.78 is 0. The summed E-state index contributed by atoms with van der Waals surface area (Å²) >= 11 is 1.64. The van der Waals surface area contributed by atoms with Crippen LogP contribution in [0.15, 0.2) is 30.3 Å². The summed E-state index contributed by atoms with van der Waals surface area (Å²) in [5.74, 6) is 5.35. The van der Waals surface area contributed by atoms with E-state index in [1.54, 1.807) is 11.8 Å². The van der Waals surface area contributed by atoms with Crippen molar-refractivity contribution in [1.29, 1.82) is 0 Å². The van der Waals surface area contributed by atoms with Gasteiger partial charge in [-0.25, -0.2) is 5.43 Å². The summed E-state index contributed by atoms with van der Waals surface area (Å²) in [6.07, 6.45) is 0.491. The first-order valence-corrected chi connectivity index (χ1v) is 6.42. The Balaban J connectivity index is 1.78. The lowest BCUT2D eigenvalue weighted by molar-refractivity contribution is -0.116. The van der Waals surface area contributed by atoms with Crippen LogP contribution >= 0.6 is 11.8 Å². The van der Waals surface area contributed by atoms with Gasteiger partial charge >= 0.3 is 0 Å². The first kappa shape index (κ1) is 12.4. The average Bonchev–Trinajstić information content (AvgIpc) is 2.78. The van der Waals surface area contributed by atoms with Gasteiger partial charge in [0.1, 0.15) is 5.50 Å². The number of thioether (sulfide) groups is 1. The molecule has 5 N–H and O–H groups in total. The zero-order chi connectivity index (χ0) is 12.1. The maximum Gasteiger partial charge on any atom is 0.225 e. The minimum Gasteiger partial charge on any atom is -0.326 e. The van der Waals surface area contributed by atoms with Crippen molar-refractivity contribution in [2.24, 2.45) is 5.84 Å². The molecule has 1 saturated heterocycles. The Morgan fingerprint density at radius 3 is 2.88 bits per heavy atom. The third-order valence-electron chi connectivity index (χ3n) is 2.48. The Bertz CT molecular complexity index is 373. The van der Waals surface area contributed by atoms with Gasteiger partial charge in [0.05, 0.1) is 0 Å². The number of anilines is 1. The number of benzene rings is 1. The highest BCUT2D eigenvalue weighted by Gasteiger charge is 2.25. The second kappa shape index (κ2) is 6.02. The van der Waals surface area contributed by atoms with E-state index in [1.165, 1.54) is 0 Å². The molecule has 1 aliphatic heterocycles. The van der Waals surface area contributed by atoms with Crippen LogP contribution in [0.2, 0.25) is 0 Å². The molecule has 1 aliphatic rings. The van der Waals surface area contributed by atoms with Gasteiger partial charge < -0.3 is 5.32 Å². The minimum atomic E-state index is 0.0353. The Kier molecular flexibility index (Phi) is 4.38. The second-order valence-electron chi connectivity index (χ2n) is 3.83. The third-order valence-corrected chi connectivity index (χ3v) is 3.77. The van der Waals surface area contributed by atoms with E-state index in [4.69, 9.17) is 5.84 Å². The highest BCUT2D eigenvalue weighted by atomic mass is 32.2. The Labute approximate surface area is 104 Å². The summed E-state index contributed by atoms with van der Waals surface area (Å²) in [7, 11) is 0. The van der Waals surface area contributed by atoms with Crippen molar-refractivity contribution < 1.29 is 4.79 Å². The van der Waals surface area contributed by atoms with Gasteiger partial charge in [0.15, 0.2) is 0 Å². The summed E-state index contributed by atoms with van der Waals surface area (Å²) in [5, 5.41) is 6.31. The van der Waals surface area contributed by atoms with Crippen molar-refractivity contribution in [3.8, 4) is 0 Å². The SMILES string of the molecule is NNC1NCC(CC(=O)Nc2ccccc2)S1. The van der Waals surface area contributed by atoms with Gasteiger partial charge in [0.2, 0.25) is 5.91 Å². The number of amides is 1. The van der Waals surface area contributed by atoms with Crippen LogP contribution in [0.5, 0.6) is 0 Å². The summed E-state index contributed by atoms with van der Waals surface area (Å²) in [6, 6.07) is 9.47. The van der Waals surface area contributed by atoms with Crippen LogP contribution in [0.25, 0.3) is 0 Å². The van der Waals surface area contributed by atoms with Crippen LogP contribution in [0.4, 0.5) is 5.69 Å². The monoisotopic (exact) mass is 252 g/mol. The fourth-order valence-electron chi connectivity index (χ4n) is 1.69. The first-order valence-electron chi connectivity index (χ1n) is 5.48. The zero-order valence-electron chi connectivity index (χ0n) is 9.35. The van der Waals surface area contributed by atoms with Gasteiger partial charge in [-0.15, -0.1) is 11.8 Å². The van der Waals surface area contributed by atoms with E-state index in [9.17, 15) is 4.79 Å². The molecule has 0 saturated carbocycles. The lowest BCUT2D eigenvalue weighted by Gasteiger charge is -2.09. The van der Waals surface area contributed by atoms with E-state index in [2.05, 4.69) is 16.1 Å². The number of nitrogens with one attached hydrogen (secondary N) is 3. The average molecular weight is 252 g/mol. The number of para-hydroxylation sites is 1. The zero-order valence-corrected chi connectivity index (χ0v) is 10.2. The number of nitrogens with two attached hydrogens (primary N) is 1. The van der Waals surface area contributed by atoms with Crippen LogP contribution in [0.3, 0.4) is 0 Å². The van der Waals surface area contributed by atoms with Gasteiger partial charge in [0.25, 0.3) is 0 Å². The molecule has 92 valence electrons. The standard InChI is InChI=1S/C11H16N4OS/c12-15-11-13-7-9(17-11)6-10(16)14-8-4-2-1-3-5-8/h1-5,9,11,13,15H,6-7,12H2,(H,14,16). The van der Waals surface area contributed by atoms with Gasteiger partial charge in [-0.2, -0.15) is 0 Å². The van der Waals surface area contributed by atoms with Gasteiger partial charge in [-0.3, -0.25) is 16.0 Å². The smallest absolute Gasteiger partial charge is 0.225 e. The van der Waals surface area contributed by atoms with Crippen molar-refractivity contribution in [2.45, 2.75) is 17.2 Å². The van der Waals surface area contributed by atoms with Gasteiger partial charge in [-0.1, -0.05) is 18.2 Å². The fourth-order valence-corrected chi connectivity index (χ4v) is 2.78. The molecule has 1 fully saturated rings. The van der Waals surface area contributed by atoms with Crippen molar-refractivity contribution in [1.82, 2.24) is 10.7 Å². The molecule has 17 heavy (non-hydrogen) atoms. The lowest BCUT2D eigenvalue weighted by Crippen LogP contribution is -2.39. The van der Waals surface area contributed by atoms with Crippen molar-refractivity contribution >= 4 is 23.4 Å². The van der Waals surface area contributed by atoms with Crippen LogP contribution in [0.1, 0.15) is 6.42 Å². The number of carbonyl (C=O) groups excluding carboxylic acids is 1. The molecule has 2 unspecified atom stereocenters. The van der Waals surface area contributed by atoms with Crippen LogP contribution in [-0.4, -0.2) is 23.2 Å². The summed E-state index contributed by atoms with van der Waals surface area (Å²) in [4.78, 5) is 11.8. The normalized spacial score (nSPS) is 23.6. The second-order valence-corrected chi connectivity index (χ2v) is 5.24. The fraction of sp³-hybridized carbons (Fsp3) is 0.364. The molecule has 6 heteroatoms. The molecule has 0 radical (unpaired) electrons. The van der Waals surface area contributed by atoms with Crippen LogP contribution in [-0.2, 0) is 4.79 Å². The lowest BCUT2D eigenvalue weighted by atomic mass is 10.2. The van der Waals surface area contributed by atoms with E-state index in [0.29, 0.717) is 6.42 Å². The first-order chi connectivity index (χ1) is 8.28. The van der Waals surface area contributed by atoms with E-state index < -0.39 is 0 Å². The van der Waals surface area contributed by atoms with E-state index in [-0.39, 0.29) is 16.7 Å². The number of hydrazine groups is 1. The van der Waals surface area contributed by atoms with E-state index in [0.717, 1.165) is 12.2 Å². The molecule has 1 amide bonds. The maximum atomic E-state index is 11.8. The highest BCUT2D eigenvalue weighted by Crippen LogP contribution is 2.23. The quantitative estimate of drug-likeness (QED) is 0.463. The van der Waals surface area contributed by atoms with Crippen LogP contribution < -0.4 is 21.9 Å². The van der Waals surface area contributed by atoms with Crippen molar-refractivity contribution in [3.05, 3.63) is 30.3 Å². The predicted octanol–water partition coefficient (Wildman–Crippen LogP) is 0.467. The Morgan fingerprint density at radius 2 is 2.24 bits per heavy atom. The predicted molar refractivity (Wildman–Crippen MR) is 70.2 cm³/mol. The largest absolute Gasteiger partial charge is 0.326 e. The highest BCUT2D eigenvalue weighted by molar-refractivity contribution is 8.00. The molecule has 0 aromatic heterocycles. The number of carbonyl (C=O) groups is 1. The van der Waals surface area contributed by atoms with E-state index >= 15 is 0 Å². The molecule has 0 bridgehead atoms. The molecule has 0 spiro atoms. The molecule has 2 rings (SSSR count). The molecule has 5 nitrogen and oxygen atoms in total. The summed E-state index contributed by atoms with van der Waals surface area (Å²) in [6.45, 7) is 0.793. The van der Waals surface area contributed by atoms with Crippen LogP contribution in [0, 0.1) is 0 Å². The van der Waals surface area contributed by atoms with E-state index in [1.807, 2.05) is 30.3 Å². The van der Waals surface area contributed by atoms with Gasteiger partial charge in [-0.05, 0) is 12.1 Å². The number of hydrogen-bond donors (Lipinski definition) is 4. The maximum absolute atomic E-state index is 11.8. The Morgan fingerprint density at radius 1 is 1.47 bits per heavy atom. The summed E-state index contributed by atoms with van der Waals surface area (Å²) in [5.41, 5.74) is 3.52. The molecular weight excluding hydrogens is 236 g/mol. The topological polar surface area (TPSA) is 79.2 Å². The molecule has 2 atom stereocenters. The third kappa shape index (κ3) is 3.71. The molecule has 1 heterocycles. The van der Waals surface area contributed by atoms with Crippen molar-refractivity contribution in [3.63, 3.8) is 0 Å². The van der Waals surface area contributed by atoms with Crippen molar-refractivity contribution in [2.75, 3.05) is 11.9 Å². The number of hydrogen-bond acceptors (Lipinski definition) is 5. The Hall–Kier alpha value is -1.08. The molecular formula is C11H16N4OS. The minimum absolute atomic E-state index is 0.0353. The molecule has 1 aromatic carbocycles. The van der Waals surface area contributed by atoms with Gasteiger partial charge in [0, 0.05) is 23.9 Å². The molecule has 1 aromatic rings. The number of rotatable bonds is 4. The molecule has 0 aliphatic carbocycles.